The summed E-state index contributed by atoms with van der Waals surface area (Å²) in [4.78, 5) is -0.295. The Bertz CT molecular complexity index is 444. The molecule has 1 aromatic rings. The minimum atomic E-state index is -4.31. The van der Waals surface area contributed by atoms with Gasteiger partial charge in [0, 0.05) is 12.2 Å². The van der Waals surface area contributed by atoms with Gasteiger partial charge in [0.1, 0.15) is 4.90 Å². The molecule has 0 aromatic heterocycles. The normalized spacial score (nSPS) is 11.3. The van der Waals surface area contributed by atoms with Crippen molar-refractivity contribution in [1.29, 1.82) is 0 Å². The van der Waals surface area contributed by atoms with Crippen LogP contribution in [0.1, 0.15) is 0 Å². The fourth-order valence-corrected chi connectivity index (χ4v) is 1.79. The maximum atomic E-state index is 11.0. The van der Waals surface area contributed by atoms with E-state index in [0.29, 0.717) is 0 Å². The molecule has 0 fully saturated rings. The van der Waals surface area contributed by atoms with Crippen LogP contribution in [0.4, 0.5) is 11.4 Å². The van der Waals surface area contributed by atoms with E-state index in [1.165, 1.54) is 12.1 Å². The summed E-state index contributed by atoms with van der Waals surface area (Å²) in [5.41, 5.74) is 5.84. The molecule has 15 heavy (non-hydrogen) atoms. The van der Waals surface area contributed by atoms with Crippen molar-refractivity contribution < 1.29 is 18.1 Å². The number of anilines is 2. The second-order valence-electron chi connectivity index (χ2n) is 2.88. The zero-order valence-corrected chi connectivity index (χ0v) is 8.66. The van der Waals surface area contributed by atoms with Crippen molar-refractivity contribution in [3.63, 3.8) is 0 Å². The molecule has 5 N–H and O–H groups in total. The van der Waals surface area contributed by atoms with Gasteiger partial charge in [-0.1, -0.05) is 0 Å². The van der Waals surface area contributed by atoms with Gasteiger partial charge in [-0.25, -0.2) is 0 Å². The first kappa shape index (κ1) is 11.8. The van der Waals surface area contributed by atoms with E-state index in [1.54, 1.807) is 0 Å². The smallest absolute Gasteiger partial charge is 0.296 e. The molecule has 0 bridgehead atoms. The average Bonchev–Trinajstić information content (AvgIpc) is 2.14. The molecule has 0 aliphatic heterocycles. The maximum absolute atomic E-state index is 11.0. The van der Waals surface area contributed by atoms with Crippen molar-refractivity contribution >= 4 is 21.5 Å². The summed E-state index contributed by atoms with van der Waals surface area (Å²) in [6, 6.07) is 4.07. The van der Waals surface area contributed by atoms with Gasteiger partial charge in [0.2, 0.25) is 0 Å². The van der Waals surface area contributed by atoms with Crippen LogP contribution in [-0.2, 0) is 10.1 Å². The van der Waals surface area contributed by atoms with E-state index in [4.69, 9.17) is 15.4 Å². The Morgan fingerprint density at radius 2 is 2.07 bits per heavy atom. The van der Waals surface area contributed by atoms with Crippen molar-refractivity contribution in [1.82, 2.24) is 0 Å². The Labute approximate surface area is 87.5 Å². The molecule has 0 saturated heterocycles. The molecule has 0 saturated carbocycles. The summed E-state index contributed by atoms with van der Waals surface area (Å²) < 4.78 is 30.8. The predicted molar refractivity (Wildman–Crippen MR) is 56.2 cm³/mol. The fourth-order valence-electron chi connectivity index (χ4n) is 1.09. The van der Waals surface area contributed by atoms with Gasteiger partial charge in [-0.15, -0.1) is 0 Å². The molecule has 1 rings (SSSR count). The first-order valence-electron chi connectivity index (χ1n) is 4.17. The summed E-state index contributed by atoms with van der Waals surface area (Å²) >= 11 is 0. The molecule has 0 atom stereocenters. The van der Waals surface area contributed by atoms with Crippen LogP contribution in [0, 0.1) is 0 Å². The number of nitrogens with one attached hydrogen (secondary N) is 1. The van der Waals surface area contributed by atoms with Gasteiger partial charge in [0.25, 0.3) is 10.1 Å². The van der Waals surface area contributed by atoms with E-state index < -0.39 is 10.1 Å². The largest absolute Gasteiger partial charge is 0.399 e. The fraction of sp³-hybridized carbons (Fsp3) is 0.250. The number of benzene rings is 1. The second kappa shape index (κ2) is 4.47. The molecule has 0 radical (unpaired) electrons. The SMILES string of the molecule is Nc1ccc(NCCO)c(S(=O)(=O)O)c1. The van der Waals surface area contributed by atoms with E-state index in [9.17, 15) is 8.42 Å². The van der Waals surface area contributed by atoms with Crippen LogP contribution in [0.3, 0.4) is 0 Å². The zero-order chi connectivity index (χ0) is 11.5. The van der Waals surface area contributed by atoms with Crippen LogP contribution < -0.4 is 11.1 Å². The third-order valence-corrected chi connectivity index (χ3v) is 2.60. The Balaban J connectivity index is 3.15. The number of nitrogens with two attached hydrogens (primary N) is 1. The summed E-state index contributed by atoms with van der Waals surface area (Å²) in [6.07, 6.45) is 0. The summed E-state index contributed by atoms with van der Waals surface area (Å²) in [5.74, 6) is 0. The molecule has 0 aliphatic carbocycles. The number of aliphatic hydroxyl groups is 1. The van der Waals surface area contributed by atoms with Crippen LogP contribution >= 0.6 is 0 Å². The lowest BCUT2D eigenvalue weighted by atomic mass is 10.3. The standard InChI is InChI=1S/C8H12N2O4S/c9-6-1-2-7(10-3-4-11)8(5-6)15(12,13)14/h1-2,5,10-11H,3-4,9H2,(H,12,13,14). The third kappa shape index (κ3) is 3.08. The minimum absolute atomic E-state index is 0.144. The lowest BCUT2D eigenvalue weighted by Gasteiger charge is -2.09. The Kier molecular flexibility index (Phi) is 3.51. The molecule has 0 aliphatic rings. The van der Waals surface area contributed by atoms with Crippen LogP contribution in [0.25, 0.3) is 0 Å². The molecule has 0 heterocycles. The van der Waals surface area contributed by atoms with Crippen molar-refractivity contribution in [3.05, 3.63) is 18.2 Å². The second-order valence-corrected chi connectivity index (χ2v) is 4.27. The highest BCUT2D eigenvalue weighted by molar-refractivity contribution is 7.86. The first-order chi connectivity index (χ1) is 6.95. The molecule has 1 aromatic carbocycles. The topological polar surface area (TPSA) is 113 Å². The van der Waals surface area contributed by atoms with Gasteiger partial charge in [-0.05, 0) is 18.2 Å². The van der Waals surface area contributed by atoms with Crippen LogP contribution in [0.5, 0.6) is 0 Å². The van der Waals surface area contributed by atoms with Crippen LogP contribution in [0.2, 0.25) is 0 Å². The average molecular weight is 232 g/mol. The lowest BCUT2D eigenvalue weighted by Crippen LogP contribution is -2.10. The third-order valence-electron chi connectivity index (χ3n) is 1.71. The van der Waals surface area contributed by atoms with Gasteiger partial charge >= 0.3 is 0 Å². The van der Waals surface area contributed by atoms with E-state index in [2.05, 4.69) is 5.32 Å². The van der Waals surface area contributed by atoms with Gasteiger partial charge in [0.05, 0.1) is 12.3 Å². The van der Waals surface area contributed by atoms with Crippen molar-refractivity contribution in [3.8, 4) is 0 Å². The number of hydrogen-bond donors (Lipinski definition) is 4. The molecule has 6 nitrogen and oxygen atoms in total. The van der Waals surface area contributed by atoms with E-state index in [0.717, 1.165) is 6.07 Å². The molecule has 0 spiro atoms. The predicted octanol–water partition coefficient (Wildman–Crippen LogP) is -0.0803. The quantitative estimate of drug-likeness (QED) is 0.426. The van der Waals surface area contributed by atoms with Crippen LogP contribution in [0.15, 0.2) is 23.1 Å². The number of hydrogen-bond acceptors (Lipinski definition) is 5. The monoisotopic (exact) mass is 232 g/mol. The highest BCUT2D eigenvalue weighted by atomic mass is 32.2. The van der Waals surface area contributed by atoms with E-state index in [-0.39, 0.29) is 29.4 Å². The number of nitrogen functional groups attached to an aromatic ring is 1. The lowest BCUT2D eigenvalue weighted by molar-refractivity contribution is 0.311. The molecule has 7 heteroatoms. The summed E-state index contributed by atoms with van der Waals surface area (Å²) in [5, 5.41) is 11.2. The van der Waals surface area contributed by atoms with Crippen molar-refractivity contribution in [2.45, 2.75) is 4.90 Å². The Hall–Kier alpha value is -1.31. The van der Waals surface area contributed by atoms with Crippen LogP contribution in [-0.4, -0.2) is 31.2 Å². The first-order valence-corrected chi connectivity index (χ1v) is 5.61. The van der Waals surface area contributed by atoms with Gasteiger partial charge in [0.15, 0.2) is 0 Å². The molecule has 0 amide bonds. The van der Waals surface area contributed by atoms with E-state index >= 15 is 0 Å². The highest BCUT2D eigenvalue weighted by Gasteiger charge is 2.15. The summed E-state index contributed by atoms with van der Waals surface area (Å²) in [6.45, 7) is 0.0434. The molecule has 0 unspecified atom stereocenters. The highest BCUT2D eigenvalue weighted by Crippen LogP contribution is 2.23. The minimum Gasteiger partial charge on any atom is -0.399 e. The number of aliphatic hydroxyl groups excluding tert-OH is 1. The molecule has 84 valence electrons. The van der Waals surface area contributed by atoms with Crippen molar-refractivity contribution in [2.75, 3.05) is 24.2 Å². The maximum Gasteiger partial charge on any atom is 0.296 e. The Morgan fingerprint density at radius 3 is 2.60 bits per heavy atom. The van der Waals surface area contributed by atoms with Crippen molar-refractivity contribution in [2.24, 2.45) is 0 Å². The zero-order valence-electron chi connectivity index (χ0n) is 7.84. The Morgan fingerprint density at radius 1 is 1.40 bits per heavy atom. The number of rotatable bonds is 4. The summed E-state index contributed by atoms with van der Waals surface area (Å²) in [7, 11) is -4.31. The van der Waals surface area contributed by atoms with Gasteiger partial charge in [-0.3, -0.25) is 4.55 Å². The van der Waals surface area contributed by atoms with Gasteiger partial charge < -0.3 is 16.2 Å². The molecular formula is C8H12N2O4S. The van der Waals surface area contributed by atoms with Gasteiger partial charge in [-0.2, -0.15) is 8.42 Å². The van der Waals surface area contributed by atoms with E-state index in [1.807, 2.05) is 0 Å². The molecular weight excluding hydrogens is 220 g/mol.